The average molecular weight is 410 g/mol. The summed E-state index contributed by atoms with van der Waals surface area (Å²) < 4.78 is 18.5. The molecular formula is C18H17BrFNO4. The van der Waals surface area contributed by atoms with Gasteiger partial charge in [-0.3, -0.25) is 4.79 Å². The van der Waals surface area contributed by atoms with Crippen LogP contribution < -0.4 is 5.32 Å². The van der Waals surface area contributed by atoms with Crippen molar-refractivity contribution >= 4 is 27.8 Å². The van der Waals surface area contributed by atoms with E-state index < -0.39 is 18.0 Å². The fourth-order valence-electron chi connectivity index (χ4n) is 2.07. The molecule has 1 atom stereocenters. The molecule has 0 radical (unpaired) electrons. The normalized spacial score (nSPS) is 11.6. The van der Waals surface area contributed by atoms with Crippen LogP contribution in [-0.4, -0.2) is 29.6 Å². The van der Waals surface area contributed by atoms with Gasteiger partial charge in [-0.1, -0.05) is 28.1 Å². The summed E-state index contributed by atoms with van der Waals surface area (Å²) in [7, 11) is 0. The van der Waals surface area contributed by atoms with Gasteiger partial charge in [0.1, 0.15) is 17.1 Å². The molecular weight excluding hydrogens is 393 g/mol. The number of nitrogens with one attached hydrogen (secondary N) is 1. The molecule has 2 rings (SSSR count). The second-order valence-corrected chi connectivity index (χ2v) is 6.29. The Labute approximate surface area is 152 Å². The lowest BCUT2D eigenvalue weighted by Gasteiger charge is -2.14. The molecule has 7 heteroatoms. The summed E-state index contributed by atoms with van der Waals surface area (Å²) in [6.07, 6.45) is -0.488. The maximum atomic E-state index is 12.8. The molecule has 0 saturated heterocycles. The van der Waals surface area contributed by atoms with Crippen LogP contribution in [0.3, 0.4) is 0 Å². The standard InChI is InChI=1S/C18H17BrFNO4/c1-11(25-18(24)15-10-13(19)4-7-16(15)22)17(23)21-9-8-12-2-5-14(20)6-3-12/h2-7,10-11,22H,8-9H2,1H3,(H,21,23)/t11-/m1/s1. The number of hydrogen-bond donors (Lipinski definition) is 2. The van der Waals surface area contributed by atoms with Gasteiger partial charge in [-0.2, -0.15) is 0 Å². The van der Waals surface area contributed by atoms with E-state index in [0.717, 1.165) is 5.56 Å². The number of esters is 1. The number of carbonyl (C=O) groups excluding carboxylic acids is 2. The number of rotatable bonds is 6. The monoisotopic (exact) mass is 409 g/mol. The summed E-state index contributed by atoms with van der Waals surface area (Å²) in [4.78, 5) is 24.0. The number of amides is 1. The molecule has 0 bridgehead atoms. The lowest BCUT2D eigenvalue weighted by molar-refractivity contribution is -0.129. The maximum absolute atomic E-state index is 12.8. The van der Waals surface area contributed by atoms with Crippen molar-refractivity contribution < 1.29 is 23.8 Å². The zero-order chi connectivity index (χ0) is 18.4. The third-order valence-electron chi connectivity index (χ3n) is 3.46. The molecule has 5 nitrogen and oxygen atoms in total. The third-order valence-corrected chi connectivity index (χ3v) is 3.95. The Bertz CT molecular complexity index is 764. The zero-order valence-corrected chi connectivity index (χ0v) is 15.0. The fourth-order valence-corrected chi connectivity index (χ4v) is 2.44. The van der Waals surface area contributed by atoms with E-state index in [2.05, 4.69) is 21.2 Å². The highest BCUT2D eigenvalue weighted by Crippen LogP contribution is 2.23. The van der Waals surface area contributed by atoms with Crippen LogP contribution >= 0.6 is 15.9 Å². The molecule has 2 aromatic carbocycles. The molecule has 0 aliphatic carbocycles. The Hall–Kier alpha value is -2.41. The highest BCUT2D eigenvalue weighted by molar-refractivity contribution is 9.10. The van der Waals surface area contributed by atoms with Crippen molar-refractivity contribution in [2.45, 2.75) is 19.4 Å². The topological polar surface area (TPSA) is 75.6 Å². The van der Waals surface area contributed by atoms with Gasteiger partial charge in [-0.05, 0) is 49.2 Å². The van der Waals surface area contributed by atoms with Crippen molar-refractivity contribution in [3.63, 3.8) is 0 Å². The Kier molecular flexibility index (Phi) is 6.52. The van der Waals surface area contributed by atoms with E-state index in [9.17, 15) is 19.1 Å². The molecule has 0 heterocycles. The molecule has 0 saturated carbocycles. The van der Waals surface area contributed by atoms with Gasteiger partial charge in [0, 0.05) is 11.0 Å². The minimum absolute atomic E-state index is 0.0275. The quantitative estimate of drug-likeness (QED) is 0.718. The van der Waals surface area contributed by atoms with Crippen molar-refractivity contribution in [1.82, 2.24) is 5.32 Å². The molecule has 2 N–H and O–H groups in total. The van der Waals surface area contributed by atoms with Crippen LogP contribution in [0, 0.1) is 5.82 Å². The van der Waals surface area contributed by atoms with Crippen LogP contribution in [-0.2, 0) is 16.0 Å². The first-order valence-electron chi connectivity index (χ1n) is 7.58. The smallest absolute Gasteiger partial charge is 0.342 e. The molecule has 132 valence electrons. The highest BCUT2D eigenvalue weighted by atomic mass is 79.9. The van der Waals surface area contributed by atoms with Gasteiger partial charge in [0.15, 0.2) is 6.10 Å². The molecule has 25 heavy (non-hydrogen) atoms. The highest BCUT2D eigenvalue weighted by Gasteiger charge is 2.20. The fraction of sp³-hybridized carbons (Fsp3) is 0.222. The first-order valence-corrected chi connectivity index (χ1v) is 8.38. The number of carbonyl (C=O) groups is 2. The third kappa shape index (κ3) is 5.56. The predicted molar refractivity (Wildman–Crippen MR) is 93.8 cm³/mol. The van der Waals surface area contributed by atoms with Gasteiger partial charge in [0.05, 0.1) is 0 Å². The summed E-state index contributed by atoms with van der Waals surface area (Å²) in [5.41, 5.74) is 0.853. The van der Waals surface area contributed by atoms with Crippen LogP contribution in [0.2, 0.25) is 0 Å². The van der Waals surface area contributed by atoms with E-state index in [1.165, 1.54) is 31.2 Å². The zero-order valence-electron chi connectivity index (χ0n) is 13.5. The molecule has 0 fully saturated rings. The van der Waals surface area contributed by atoms with Crippen molar-refractivity contribution in [3.8, 4) is 5.75 Å². The van der Waals surface area contributed by atoms with E-state index in [0.29, 0.717) is 17.4 Å². The molecule has 2 aromatic rings. The lowest BCUT2D eigenvalue weighted by Crippen LogP contribution is -2.36. The van der Waals surface area contributed by atoms with E-state index in [1.54, 1.807) is 18.2 Å². The molecule has 0 aliphatic rings. The largest absolute Gasteiger partial charge is 0.507 e. The summed E-state index contributed by atoms with van der Waals surface area (Å²) in [5.74, 6) is -1.79. The Morgan fingerprint density at radius 1 is 1.24 bits per heavy atom. The first-order chi connectivity index (χ1) is 11.9. The van der Waals surface area contributed by atoms with E-state index in [1.807, 2.05) is 0 Å². The van der Waals surface area contributed by atoms with Crippen molar-refractivity contribution in [1.29, 1.82) is 0 Å². The number of aromatic hydroxyl groups is 1. The first kappa shape index (κ1) is 18.9. The maximum Gasteiger partial charge on any atom is 0.342 e. The number of halogens is 2. The van der Waals surface area contributed by atoms with Crippen molar-refractivity contribution in [2.24, 2.45) is 0 Å². The second kappa shape index (κ2) is 8.62. The summed E-state index contributed by atoms with van der Waals surface area (Å²) >= 11 is 3.20. The Balaban J connectivity index is 1.84. The van der Waals surface area contributed by atoms with Crippen LogP contribution in [0.5, 0.6) is 5.75 Å². The summed E-state index contributed by atoms with van der Waals surface area (Å²) in [6.45, 7) is 1.77. The van der Waals surface area contributed by atoms with E-state index >= 15 is 0 Å². The number of phenolic OH excluding ortho intramolecular Hbond substituents is 1. The number of hydrogen-bond acceptors (Lipinski definition) is 4. The van der Waals surface area contributed by atoms with E-state index in [4.69, 9.17) is 4.74 Å². The van der Waals surface area contributed by atoms with Crippen molar-refractivity contribution in [3.05, 3.63) is 63.9 Å². The SMILES string of the molecule is C[C@@H](OC(=O)c1cc(Br)ccc1O)C(=O)NCCc1ccc(F)cc1. The molecule has 1 amide bonds. The van der Waals surface area contributed by atoms with Gasteiger partial charge in [-0.15, -0.1) is 0 Å². The second-order valence-electron chi connectivity index (χ2n) is 5.38. The summed E-state index contributed by atoms with van der Waals surface area (Å²) in [6, 6.07) is 10.3. The van der Waals surface area contributed by atoms with Crippen LogP contribution in [0.25, 0.3) is 0 Å². The summed E-state index contributed by atoms with van der Waals surface area (Å²) in [5, 5.41) is 12.3. The van der Waals surface area contributed by atoms with Gasteiger partial charge in [-0.25, -0.2) is 9.18 Å². The van der Waals surface area contributed by atoms with Gasteiger partial charge >= 0.3 is 5.97 Å². The van der Waals surface area contributed by atoms with Crippen LogP contribution in [0.15, 0.2) is 46.9 Å². The molecule has 0 unspecified atom stereocenters. The minimum Gasteiger partial charge on any atom is -0.507 e. The van der Waals surface area contributed by atoms with Crippen molar-refractivity contribution in [2.75, 3.05) is 6.54 Å². The molecule has 0 aromatic heterocycles. The molecule has 0 spiro atoms. The Morgan fingerprint density at radius 2 is 1.92 bits per heavy atom. The molecule has 0 aliphatic heterocycles. The number of phenols is 1. The lowest BCUT2D eigenvalue weighted by atomic mass is 10.1. The van der Waals surface area contributed by atoms with Gasteiger partial charge in [0.2, 0.25) is 0 Å². The number of ether oxygens (including phenoxy) is 1. The van der Waals surface area contributed by atoms with Gasteiger partial charge in [0.25, 0.3) is 5.91 Å². The Morgan fingerprint density at radius 3 is 2.60 bits per heavy atom. The average Bonchev–Trinajstić information content (AvgIpc) is 2.58. The number of benzene rings is 2. The predicted octanol–water partition coefficient (Wildman–Crippen LogP) is 3.20. The van der Waals surface area contributed by atoms with Gasteiger partial charge < -0.3 is 15.2 Å². The van der Waals surface area contributed by atoms with Crippen LogP contribution in [0.4, 0.5) is 4.39 Å². The van der Waals surface area contributed by atoms with Crippen LogP contribution in [0.1, 0.15) is 22.8 Å². The minimum atomic E-state index is -1.01. The van der Waals surface area contributed by atoms with E-state index in [-0.39, 0.29) is 17.1 Å².